The number of ether oxygens (including phenoxy) is 2. The van der Waals surface area contributed by atoms with Crippen LogP contribution in [0.2, 0.25) is 0 Å². The fraction of sp³-hybridized carbons (Fsp3) is 0.136. The normalized spacial score (nSPS) is 14.9. The number of rotatable bonds is 5. The lowest BCUT2D eigenvalue weighted by Gasteiger charge is -2.04. The maximum absolute atomic E-state index is 12.1. The summed E-state index contributed by atoms with van der Waals surface area (Å²) in [7, 11) is 0. The average molecular weight is 390 g/mol. The summed E-state index contributed by atoms with van der Waals surface area (Å²) in [5, 5.41) is 3.01. The van der Waals surface area contributed by atoms with Crippen LogP contribution in [0.1, 0.15) is 27.4 Å². The molecule has 0 saturated heterocycles. The maximum Gasteiger partial charge on any atom is 0.363 e. The van der Waals surface area contributed by atoms with Gasteiger partial charge in [0, 0.05) is 10.9 Å². The lowest BCUT2D eigenvalue weighted by atomic mass is 10.1. The summed E-state index contributed by atoms with van der Waals surface area (Å²) in [5.41, 5.74) is 3.96. The zero-order chi connectivity index (χ0) is 19.5. The molecule has 0 atom stereocenters. The van der Waals surface area contributed by atoms with Gasteiger partial charge in [-0.15, -0.1) is 11.3 Å². The number of benzene rings is 2. The molecule has 0 spiro atoms. The minimum Gasteiger partial charge on any atom is -0.487 e. The van der Waals surface area contributed by atoms with Gasteiger partial charge in [0.25, 0.3) is 0 Å². The molecule has 3 aromatic rings. The van der Waals surface area contributed by atoms with Gasteiger partial charge in [-0.25, -0.2) is 14.8 Å². The Bertz CT molecular complexity index is 1060. The van der Waals surface area contributed by atoms with E-state index < -0.39 is 5.97 Å². The van der Waals surface area contributed by atoms with E-state index in [0.717, 1.165) is 33.1 Å². The van der Waals surface area contributed by atoms with E-state index in [1.807, 2.05) is 67.8 Å². The summed E-state index contributed by atoms with van der Waals surface area (Å²) in [6.45, 7) is 4.40. The standard InChI is InChI=1S/C22H18N2O3S/c1-14-3-7-17(8-4-14)21-24-20(22(25)27-21)11-16-5-9-19(10-6-16)26-12-18-13-28-15(2)23-18/h3-11,13H,12H2,1-2H3/b20-11-. The second kappa shape index (κ2) is 7.78. The number of thiazole rings is 1. The van der Waals surface area contributed by atoms with Crippen molar-refractivity contribution < 1.29 is 14.3 Å². The molecule has 1 aliphatic rings. The smallest absolute Gasteiger partial charge is 0.363 e. The lowest BCUT2D eigenvalue weighted by molar-refractivity contribution is -0.129. The van der Waals surface area contributed by atoms with Gasteiger partial charge < -0.3 is 9.47 Å². The summed E-state index contributed by atoms with van der Waals surface area (Å²) in [5.74, 6) is 0.621. The number of nitrogens with zero attached hydrogens (tertiary/aromatic N) is 2. The van der Waals surface area contributed by atoms with E-state index in [1.165, 1.54) is 0 Å². The number of hydrogen-bond donors (Lipinski definition) is 0. The molecule has 0 unspecified atom stereocenters. The molecule has 0 amide bonds. The first kappa shape index (κ1) is 18.1. The molecule has 1 aliphatic heterocycles. The Balaban J connectivity index is 1.45. The zero-order valence-corrected chi connectivity index (χ0v) is 16.3. The van der Waals surface area contributed by atoms with Crippen LogP contribution in [0, 0.1) is 13.8 Å². The third-order valence-corrected chi connectivity index (χ3v) is 4.98. The van der Waals surface area contributed by atoms with E-state index in [1.54, 1.807) is 17.4 Å². The molecule has 2 aromatic carbocycles. The van der Waals surface area contributed by atoms with E-state index >= 15 is 0 Å². The monoisotopic (exact) mass is 390 g/mol. The zero-order valence-electron chi connectivity index (χ0n) is 15.5. The van der Waals surface area contributed by atoms with Crippen LogP contribution < -0.4 is 4.74 Å². The molecular formula is C22H18N2O3S. The third kappa shape index (κ3) is 4.18. The Morgan fingerprint density at radius 2 is 1.82 bits per heavy atom. The fourth-order valence-corrected chi connectivity index (χ4v) is 3.28. The van der Waals surface area contributed by atoms with Crippen molar-refractivity contribution in [1.29, 1.82) is 0 Å². The molecule has 1 aromatic heterocycles. The summed E-state index contributed by atoms with van der Waals surface area (Å²) in [6.07, 6.45) is 1.71. The van der Waals surface area contributed by atoms with Crippen LogP contribution in [-0.2, 0) is 16.1 Å². The van der Waals surface area contributed by atoms with Crippen molar-refractivity contribution in [3.05, 3.63) is 87.0 Å². The predicted molar refractivity (Wildman–Crippen MR) is 109 cm³/mol. The Hall–Kier alpha value is -3.25. The third-order valence-electron chi connectivity index (χ3n) is 4.16. The molecule has 0 N–H and O–H groups in total. The van der Waals surface area contributed by atoms with Crippen LogP contribution in [-0.4, -0.2) is 16.9 Å². The number of carbonyl (C=O) groups is 1. The van der Waals surface area contributed by atoms with Gasteiger partial charge in [-0.3, -0.25) is 0 Å². The number of aryl methyl sites for hydroxylation is 2. The van der Waals surface area contributed by atoms with Crippen molar-refractivity contribution in [2.75, 3.05) is 0 Å². The Morgan fingerprint density at radius 1 is 1.07 bits per heavy atom. The summed E-state index contributed by atoms with van der Waals surface area (Å²) < 4.78 is 11.0. The molecule has 2 heterocycles. The quantitative estimate of drug-likeness (QED) is 0.469. The summed E-state index contributed by atoms with van der Waals surface area (Å²) >= 11 is 1.60. The number of carbonyl (C=O) groups excluding carboxylic acids is 1. The first-order chi connectivity index (χ1) is 13.6. The Morgan fingerprint density at radius 3 is 2.50 bits per heavy atom. The SMILES string of the molecule is Cc1ccc(C2=N/C(=C\c3ccc(OCc4csc(C)n4)cc3)C(=O)O2)cc1. The number of aromatic nitrogens is 1. The van der Waals surface area contributed by atoms with E-state index in [4.69, 9.17) is 9.47 Å². The number of hydrogen-bond acceptors (Lipinski definition) is 6. The van der Waals surface area contributed by atoms with Gasteiger partial charge in [0.2, 0.25) is 5.90 Å². The van der Waals surface area contributed by atoms with Crippen molar-refractivity contribution in [2.45, 2.75) is 20.5 Å². The van der Waals surface area contributed by atoms with E-state index in [0.29, 0.717) is 12.5 Å². The van der Waals surface area contributed by atoms with Crippen LogP contribution in [0.5, 0.6) is 5.75 Å². The second-order valence-electron chi connectivity index (χ2n) is 6.42. The highest BCUT2D eigenvalue weighted by Gasteiger charge is 2.23. The van der Waals surface area contributed by atoms with Crippen LogP contribution in [0.4, 0.5) is 0 Å². The van der Waals surface area contributed by atoms with Crippen molar-refractivity contribution >= 4 is 29.3 Å². The van der Waals surface area contributed by atoms with Crippen LogP contribution in [0.15, 0.2) is 64.6 Å². The van der Waals surface area contributed by atoms with E-state index in [2.05, 4.69) is 9.98 Å². The number of aliphatic imine (C=N–C) groups is 1. The molecule has 4 rings (SSSR count). The van der Waals surface area contributed by atoms with E-state index in [-0.39, 0.29) is 5.70 Å². The van der Waals surface area contributed by atoms with Gasteiger partial charge in [0.05, 0.1) is 10.7 Å². The van der Waals surface area contributed by atoms with E-state index in [9.17, 15) is 4.79 Å². The van der Waals surface area contributed by atoms with Crippen LogP contribution >= 0.6 is 11.3 Å². The summed E-state index contributed by atoms with van der Waals surface area (Å²) in [6, 6.07) is 15.2. The predicted octanol–water partition coefficient (Wildman–Crippen LogP) is 4.68. The highest BCUT2D eigenvalue weighted by Crippen LogP contribution is 2.21. The molecule has 0 radical (unpaired) electrons. The summed E-state index contributed by atoms with van der Waals surface area (Å²) in [4.78, 5) is 20.8. The van der Waals surface area contributed by atoms with Gasteiger partial charge in [-0.2, -0.15) is 0 Å². The maximum atomic E-state index is 12.1. The lowest BCUT2D eigenvalue weighted by Crippen LogP contribution is -2.05. The highest BCUT2D eigenvalue weighted by molar-refractivity contribution is 7.09. The average Bonchev–Trinajstić information content (AvgIpc) is 3.27. The number of esters is 1. The molecule has 0 aliphatic carbocycles. The first-order valence-electron chi connectivity index (χ1n) is 8.80. The second-order valence-corrected chi connectivity index (χ2v) is 7.48. The van der Waals surface area contributed by atoms with Gasteiger partial charge in [-0.1, -0.05) is 29.8 Å². The topological polar surface area (TPSA) is 60.8 Å². The highest BCUT2D eigenvalue weighted by atomic mass is 32.1. The van der Waals surface area contributed by atoms with Gasteiger partial charge in [0.1, 0.15) is 12.4 Å². The number of cyclic esters (lactones) is 1. The Labute approximate surface area is 167 Å². The first-order valence-corrected chi connectivity index (χ1v) is 9.68. The van der Waals surface area contributed by atoms with Gasteiger partial charge >= 0.3 is 5.97 Å². The minimum atomic E-state index is -0.449. The molecule has 5 nitrogen and oxygen atoms in total. The van der Waals surface area contributed by atoms with Crippen LogP contribution in [0.25, 0.3) is 6.08 Å². The molecule has 0 bridgehead atoms. The largest absolute Gasteiger partial charge is 0.487 e. The minimum absolute atomic E-state index is 0.280. The van der Waals surface area contributed by atoms with Crippen molar-refractivity contribution in [3.63, 3.8) is 0 Å². The van der Waals surface area contributed by atoms with Crippen molar-refractivity contribution in [3.8, 4) is 5.75 Å². The molecule has 28 heavy (non-hydrogen) atoms. The molecule has 140 valence electrons. The van der Waals surface area contributed by atoms with Crippen molar-refractivity contribution in [1.82, 2.24) is 4.98 Å². The fourth-order valence-electron chi connectivity index (χ4n) is 2.68. The Kier molecular flexibility index (Phi) is 5.04. The molecule has 0 saturated carbocycles. The van der Waals surface area contributed by atoms with Crippen LogP contribution in [0.3, 0.4) is 0 Å². The molecule has 0 fully saturated rings. The molecule has 6 heteroatoms. The van der Waals surface area contributed by atoms with Crippen molar-refractivity contribution in [2.24, 2.45) is 4.99 Å². The molecular weight excluding hydrogens is 372 g/mol. The van der Waals surface area contributed by atoms with Gasteiger partial charge in [-0.05, 0) is 49.8 Å². The van der Waals surface area contributed by atoms with Gasteiger partial charge in [0.15, 0.2) is 5.70 Å².